The molecular formula is C15H18FNO3. The van der Waals surface area contributed by atoms with E-state index in [1.807, 2.05) is 13.0 Å². The molecule has 2 fully saturated rings. The van der Waals surface area contributed by atoms with E-state index in [2.05, 4.69) is 0 Å². The van der Waals surface area contributed by atoms with E-state index < -0.39 is 6.09 Å². The fourth-order valence-corrected chi connectivity index (χ4v) is 3.42. The minimum atomic E-state index is -0.850. The first kappa shape index (κ1) is 13.2. The van der Waals surface area contributed by atoms with Gasteiger partial charge in [0.05, 0.1) is 0 Å². The molecule has 108 valence electrons. The maximum Gasteiger partial charge on any atom is 0.407 e. The Hall–Kier alpha value is -1.78. The molecule has 1 aromatic carbocycles. The van der Waals surface area contributed by atoms with Crippen LogP contribution in [0.15, 0.2) is 18.2 Å². The van der Waals surface area contributed by atoms with Crippen molar-refractivity contribution in [3.05, 3.63) is 29.6 Å². The molecule has 2 saturated heterocycles. The topological polar surface area (TPSA) is 49.8 Å². The number of rotatable bonds is 2. The van der Waals surface area contributed by atoms with Crippen molar-refractivity contribution >= 4 is 6.09 Å². The summed E-state index contributed by atoms with van der Waals surface area (Å²) in [6.07, 6.45) is 2.12. The molecule has 2 aliphatic rings. The van der Waals surface area contributed by atoms with Crippen molar-refractivity contribution in [1.29, 1.82) is 0 Å². The van der Waals surface area contributed by atoms with Crippen LogP contribution in [-0.4, -0.2) is 34.3 Å². The molecule has 2 bridgehead atoms. The Bertz CT molecular complexity index is 520. The second-order valence-electron chi connectivity index (χ2n) is 5.72. The van der Waals surface area contributed by atoms with Gasteiger partial charge < -0.3 is 14.7 Å². The lowest BCUT2D eigenvalue weighted by molar-refractivity contribution is 0.0479. The molecular weight excluding hydrogens is 261 g/mol. The second-order valence-corrected chi connectivity index (χ2v) is 5.72. The summed E-state index contributed by atoms with van der Waals surface area (Å²) < 4.78 is 19.5. The highest BCUT2D eigenvalue weighted by Crippen LogP contribution is 2.37. The predicted octanol–water partition coefficient (Wildman–Crippen LogP) is 3.19. The van der Waals surface area contributed by atoms with Crippen molar-refractivity contribution in [1.82, 2.24) is 4.90 Å². The molecule has 4 nitrogen and oxygen atoms in total. The Labute approximate surface area is 117 Å². The molecule has 2 heterocycles. The summed E-state index contributed by atoms with van der Waals surface area (Å²) in [5, 5.41) is 9.19. The van der Waals surface area contributed by atoms with Gasteiger partial charge in [-0.15, -0.1) is 0 Å². The number of carboxylic acid groups (broad SMARTS) is 1. The van der Waals surface area contributed by atoms with Gasteiger partial charge >= 0.3 is 6.09 Å². The number of ether oxygens (including phenoxy) is 1. The molecule has 0 radical (unpaired) electrons. The zero-order chi connectivity index (χ0) is 14.3. The molecule has 2 aliphatic heterocycles. The van der Waals surface area contributed by atoms with Gasteiger partial charge in [-0.3, -0.25) is 0 Å². The third-order valence-electron chi connectivity index (χ3n) is 4.29. The molecule has 0 saturated carbocycles. The van der Waals surface area contributed by atoms with Crippen molar-refractivity contribution in [3.8, 4) is 5.75 Å². The van der Waals surface area contributed by atoms with Gasteiger partial charge in [0.2, 0.25) is 0 Å². The lowest BCUT2D eigenvalue weighted by atomic mass is 10.00. The first-order valence-corrected chi connectivity index (χ1v) is 6.98. The fraction of sp³-hybridized carbons (Fsp3) is 0.533. The predicted molar refractivity (Wildman–Crippen MR) is 71.5 cm³/mol. The number of nitrogens with zero attached hydrogens (tertiary/aromatic N) is 1. The summed E-state index contributed by atoms with van der Waals surface area (Å²) in [7, 11) is 0. The van der Waals surface area contributed by atoms with Gasteiger partial charge in [-0.1, -0.05) is 6.07 Å². The molecule has 20 heavy (non-hydrogen) atoms. The van der Waals surface area contributed by atoms with E-state index in [9.17, 15) is 14.3 Å². The quantitative estimate of drug-likeness (QED) is 0.904. The number of fused-ring (bicyclic) bond motifs is 2. The van der Waals surface area contributed by atoms with Crippen LogP contribution in [0.25, 0.3) is 0 Å². The molecule has 5 heteroatoms. The van der Waals surface area contributed by atoms with Gasteiger partial charge in [-0.2, -0.15) is 0 Å². The van der Waals surface area contributed by atoms with Gasteiger partial charge in [0.25, 0.3) is 0 Å². The van der Waals surface area contributed by atoms with Crippen molar-refractivity contribution < 1.29 is 19.0 Å². The van der Waals surface area contributed by atoms with Crippen molar-refractivity contribution in [3.63, 3.8) is 0 Å². The summed E-state index contributed by atoms with van der Waals surface area (Å²) in [6.45, 7) is 1.83. The Balaban J connectivity index is 1.70. The summed E-state index contributed by atoms with van der Waals surface area (Å²) in [5.41, 5.74) is 0.857. The van der Waals surface area contributed by atoms with Crippen molar-refractivity contribution in [2.24, 2.45) is 0 Å². The number of amides is 1. The highest BCUT2D eigenvalue weighted by molar-refractivity contribution is 5.66. The zero-order valence-corrected chi connectivity index (χ0v) is 11.4. The van der Waals surface area contributed by atoms with Crippen LogP contribution in [0.4, 0.5) is 9.18 Å². The highest BCUT2D eigenvalue weighted by atomic mass is 19.1. The van der Waals surface area contributed by atoms with E-state index >= 15 is 0 Å². The Morgan fingerprint density at radius 3 is 2.55 bits per heavy atom. The number of hydrogen-bond acceptors (Lipinski definition) is 2. The average Bonchev–Trinajstić information content (AvgIpc) is 2.65. The smallest absolute Gasteiger partial charge is 0.407 e. The third kappa shape index (κ3) is 2.32. The minimum absolute atomic E-state index is 0.0183. The summed E-state index contributed by atoms with van der Waals surface area (Å²) in [6, 6.07) is 4.96. The molecule has 3 atom stereocenters. The normalized spacial score (nSPS) is 28.5. The second kappa shape index (κ2) is 4.96. The molecule has 1 aromatic rings. The van der Waals surface area contributed by atoms with Gasteiger partial charge in [0.15, 0.2) is 11.6 Å². The van der Waals surface area contributed by atoms with Crippen LogP contribution in [-0.2, 0) is 0 Å². The standard InChI is InChI=1S/C15H18FNO3/c1-9-2-5-14(13(16)6-9)20-12-7-10-3-4-11(8-12)17(10)15(18)19/h2,5-6,10-12H,3-4,7-8H2,1H3,(H,18,19)/t10-,11+,12+. The largest absolute Gasteiger partial charge is 0.487 e. The first-order valence-electron chi connectivity index (χ1n) is 6.98. The van der Waals surface area contributed by atoms with Crippen LogP contribution in [0.3, 0.4) is 0 Å². The van der Waals surface area contributed by atoms with Crippen LogP contribution in [0, 0.1) is 12.7 Å². The average molecular weight is 279 g/mol. The van der Waals surface area contributed by atoms with Crippen LogP contribution < -0.4 is 4.74 Å². The number of aryl methyl sites for hydroxylation is 1. The molecule has 3 rings (SSSR count). The monoisotopic (exact) mass is 279 g/mol. The Kier molecular flexibility index (Phi) is 3.28. The molecule has 0 unspecified atom stereocenters. The first-order chi connectivity index (χ1) is 9.54. The maximum atomic E-state index is 13.8. The van der Waals surface area contributed by atoms with Crippen LogP contribution >= 0.6 is 0 Å². The van der Waals surface area contributed by atoms with Crippen LogP contribution in [0.2, 0.25) is 0 Å². The van der Waals surface area contributed by atoms with Gasteiger partial charge in [0, 0.05) is 24.9 Å². The third-order valence-corrected chi connectivity index (χ3v) is 4.29. The minimum Gasteiger partial charge on any atom is -0.487 e. The van der Waals surface area contributed by atoms with Gasteiger partial charge in [-0.25, -0.2) is 9.18 Å². The number of benzene rings is 1. The molecule has 1 amide bonds. The SMILES string of the molecule is Cc1ccc(O[C@H]2C[C@H]3CC[C@@H](C2)N3C(=O)O)c(F)c1. The number of halogens is 1. The maximum absolute atomic E-state index is 13.8. The van der Waals surface area contributed by atoms with Crippen LogP contribution in [0.1, 0.15) is 31.2 Å². The highest BCUT2D eigenvalue weighted by Gasteiger charge is 2.44. The van der Waals surface area contributed by atoms with Gasteiger partial charge in [-0.05, 0) is 37.5 Å². The molecule has 0 aliphatic carbocycles. The van der Waals surface area contributed by atoms with Crippen LogP contribution in [0.5, 0.6) is 5.75 Å². The lowest BCUT2D eigenvalue weighted by Crippen LogP contribution is -2.48. The number of carbonyl (C=O) groups is 1. The summed E-state index contributed by atoms with van der Waals surface area (Å²) in [4.78, 5) is 12.7. The summed E-state index contributed by atoms with van der Waals surface area (Å²) >= 11 is 0. The molecule has 0 aromatic heterocycles. The van der Waals surface area contributed by atoms with E-state index in [0.29, 0.717) is 12.8 Å². The zero-order valence-electron chi connectivity index (χ0n) is 11.4. The molecule has 0 spiro atoms. The van der Waals surface area contributed by atoms with Crippen molar-refractivity contribution in [2.75, 3.05) is 0 Å². The molecule has 1 N–H and O–H groups in total. The Morgan fingerprint density at radius 1 is 1.35 bits per heavy atom. The van der Waals surface area contributed by atoms with E-state index in [4.69, 9.17) is 4.74 Å². The van der Waals surface area contributed by atoms with E-state index in [0.717, 1.165) is 18.4 Å². The Morgan fingerprint density at radius 2 is 2.00 bits per heavy atom. The number of piperidine rings is 1. The van der Waals surface area contributed by atoms with E-state index in [1.165, 1.54) is 6.07 Å². The van der Waals surface area contributed by atoms with Crippen molar-refractivity contribution in [2.45, 2.75) is 50.8 Å². The van der Waals surface area contributed by atoms with E-state index in [1.54, 1.807) is 11.0 Å². The summed E-state index contributed by atoms with van der Waals surface area (Å²) in [5.74, 6) is -0.0817. The fourth-order valence-electron chi connectivity index (χ4n) is 3.42. The van der Waals surface area contributed by atoms with Gasteiger partial charge in [0.1, 0.15) is 6.10 Å². The lowest BCUT2D eigenvalue weighted by Gasteiger charge is -2.37. The van der Waals surface area contributed by atoms with E-state index in [-0.39, 0.29) is 29.8 Å². The number of hydrogen-bond donors (Lipinski definition) is 1.